The number of carboxylic acids is 1. The molecule has 0 amide bonds. The summed E-state index contributed by atoms with van der Waals surface area (Å²) in [6.45, 7) is 0.897. The van der Waals surface area contributed by atoms with Crippen molar-refractivity contribution in [1.82, 2.24) is 4.57 Å². The second-order valence-electron chi connectivity index (χ2n) is 6.52. The van der Waals surface area contributed by atoms with E-state index >= 15 is 0 Å². The van der Waals surface area contributed by atoms with Crippen LogP contribution in [0.15, 0.2) is 23.1 Å². The molecule has 0 radical (unpaired) electrons. The summed E-state index contributed by atoms with van der Waals surface area (Å²) in [7, 11) is 0. The number of aliphatic hydroxyl groups is 1. The van der Waals surface area contributed by atoms with Crippen molar-refractivity contribution in [2.45, 2.75) is 31.4 Å². The molecule has 24 heavy (non-hydrogen) atoms. The molecule has 2 fully saturated rings. The highest BCUT2D eigenvalue weighted by Gasteiger charge is 2.29. The lowest BCUT2D eigenvalue weighted by Crippen LogP contribution is -2.23. The van der Waals surface area contributed by atoms with Crippen molar-refractivity contribution in [1.29, 1.82) is 0 Å². The Labute approximate surface area is 136 Å². The van der Waals surface area contributed by atoms with Gasteiger partial charge >= 0.3 is 5.97 Å². The molecule has 7 heteroatoms. The number of aliphatic hydroxyl groups excluding tert-OH is 1. The number of benzene rings is 1. The van der Waals surface area contributed by atoms with E-state index in [4.69, 9.17) is 0 Å². The molecule has 1 aromatic carbocycles. The number of anilines is 1. The van der Waals surface area contributed by atoms with Crippen LogP contribution in [0.2, 0.25) is 0 Å². The number of halogens is 1. The van der Waals surface area contributed by atoms with Crippen molar-refractivity contribution in [3.63, 3.8) is 0 Å². The van der Waals surface area contributed by atoms with Gasteiger partial charge in [-0.1, -0.05) is 0 Å². The van der Waals surface area contributed by atoms with Gasteiger partial charge in [-0.05, 0) is 31.4 Å². The van der Waals surface area contributed by atoms with Crippen LogP contribution in [-0.2, 0) is 0 Å². The molecule has 1 aliphatic carbocycles. The summed E-state index contributed by atoms with van der Waals surface area (Å²) in [5.41, 5.74) is -0.110. The molecule has 126 valence electrons. The predicted octanol–water partition coefficient (Wildman–Crippen LogP) is 1.74. The van der Waals surface area contributed by atoms with Crippen molar-refractivity contribution < 1.29 is 19.4 Å². The third kappa shape index (κ3) is 2.36. The number of hydrogen-bond donors (Lipinski definition) is 2. The number of hydrogen-bond acceptors (Lipinski definition) is 4. The fourth-order valence-corrected chi connectivity index (χ4v) is 3.37. The van der Waals surface area contributed by atoms with Crippen molar-refractivity contribution in [3.8, 4) is 0 Å². The maximum Gasteiger partial charge on any atom is 0.341 e. The molecule has 2 N–H and O–H groups in total. The number of pyridine rings is 1. The van der Waals surface area contributed by atoms with Crippen LogP contribution in [0.4, 0.5) is 10.1 Å². The highest BCUT2D eigenvalue weighted by atomic mass is 19.1. The van der Waals surface area contributed by atoms with Gasteiger partial charge in [-0.2, -0.15) is 0 Å². The summed E-state index contributed by atoms with van der Waals surface area (Å²) in [6.07, 6.45) is 3.27. The summed E-state index contributed by atoms with van der Waals surface area (Å²) in [6, 6.07) is 2.88. The van der Waals surface area contributed by atoms with Crippen LogP contribution >= 0.6 is 0 Å². The second-order valence-corrected chi connectivity index (χ2v) is 6.52. The highest BCUT2D eigenvalue weighted by molar-refractivity contribution is 5.93. The summed E-state index contributed by atoms with van der Waals surface area (Å²) in [5.74, 6) is -1.87. The standard InChI is InChI=1S/C17H17FN2O4/c18-13-5-11-14(6-15(13)19-4-3-10(21)7-19)20(9-1-2-9)8-12(16(11)22)17(23)24/h5-6,8-10,21H,1-4,7H2,(H,23,24)/t10-/m1/s1. The number of nitrogens with zero attached hydrogens (tertiary/aromatic N) is 2. The van der Waals surface area contributed by atoms with Crippen LogP contribution in [0.3, 0.4) is 0 Å². The van der Waals surface area contributed by atoms with Crippen molar-refractivity contribution in [2.75, 3.05) is 18.0 Å². The predicted molar refractivity (Wildman–Crippen MR) is 86.2 cm³/mol. The first kappa shape index (κ1) is 15.1. The third-order valence-electron chi connectivity index (χ3n) is 4.78. The molecular formula is C17H17FN2O4. The van der Waals surface area contributed by atoms with E-state index in [0.29, 0.717) is 30.7 Å². The van der Waals surface area contributed by atoms with Crippen LogP contribution in [-0.4, -0.2) is 39.9 Å². The Balaban J connectivity index is 1.95. The topological polar surface area (TPSA) is 82.8 Å². The molecule has 0 unspecified atom stereocenters. The van der Waals surface area contributed by atoms with E-state index in [2.05, 4.69) is 0 Å². The van der Waals surface area contributed by atoms with Gasteiger partial charge in [0.15, 0.2) is 0 Å². The van der Waals surface area contributed by atoms with Gasteiger partial charge in [0.2, 0.25) is 5.43 Å². The van der Waals surface area contributed by atoms with Crippen molar-refractivity contribution in [3.05, 3.63) is 39.9 Å². The minimum atomic E-state index is -1.30. The van der Waals surface area contributed by atoms with Gasteiger partial charge in [-0.15, -0.1) is 0 Å². The zero-order valence-corrected chi connectivity index (χ0v) is 12.9. The second kappa shape index (κ2) is 5.31. The Morgan fingerprint density at radius 1 is 1.25 bits per heavy atom. The average Bonchev–Trinajstić information content (AvgIpc) is 3.28. The molecule has 2 heterocycles. The summed E-state index contributed by atoms with van der Waals surface area (Å²) in [5, 5.41) is 19.0. The third-order valence-corrected chi connectivity index (χ3v) is 4.78. The number of β-amino-alcohol motifs (C(OH)–C–C–N with tert-alkyl or cyclic N) is 1. The SMILES string of the molecule is O=C(O)c1cn(C2CC2)c2cc(N3CC[C@@H](O)C3)c(F)cc2c1=O. The quantitative estimate of drug-likeness (QED) is 0.895. The van der Waals surface area contributed by atoms with Crippen molar-refractivity contribution in [2.24, 2.45) is 0 Å². The Morgan fingerprint density at radius 2 is 2.00 bits per heavy atom. The molecule has 1 aromatic heterocycles. The maximum atomic E-state index is 14.5. The number of carbonyl (C=O) groups is 1. The zero-order valence-electron chi connectivity index (χ0n) is 12.9. The molecular weight excluding hydrogens is 315 g/mol. The Hall–Kier alpha value is -2.41. The smallest absolute Gasteiger partial charge is 0.341 e. The molecule has 1 saturated carbocycles. The molecule has 0 bridgehead atoms. The van der Waals surface area contributed by atoms with Gasteiger partial charge in [0.1, 0.15) is 11.4 Å². The Morgan fingerprint density at radius 3 is 2.58 bits per heavy atom. The van der Waals surface area contributed by atoms with Crippen LogP contribution in [0, 0.1) is 5.82 Å². The molecule has 1 aliphatic heterocycles. The minimum absolute atomic E-state index is 0.0859. The number of fused-ring (bicyclic) bond motifs is 1. The Kier molecular flexibility index (Phi) is 3.35. The minimum Gasteiger partial charge on any atom is -0.477 e. The molecule has 2 aromatic rings. The fraction of sp³-hybridized carbons (Fsp3) is 0.412. The lowest BCUT2D eigenvalue weighted by molar-refractivity contribution is 0.0695. The summed E-state index contributed by atoms with van der Waals surface area (Å²) >= 11 is 0. The zero-order chi connectivity index (χ0) is 17.0. The van der Waals surface area contributed by atoms with E-state index in [-0.39, 0.29) is 17.0 Å². The van der Waals surface area contributed by atoms with Crippen LogP contribution in [0.1, 0.15) is 35.7 Å². The van der Waals surface area contributed by atoms with Crippen molar-refractivity contribution >= 4 is 22.6 Å². The molecule has 1 atom stereocenters. The van der Waals surface area contributed by atoms with E-state index in [1.165, 1.54) is 6.20 Å². The highest BCUT2D eigenvalue weighted by Crippen LogP contribution is 2.38. The first-order valence-electron chi connectivity index (χ1n) is 8.00. The monoisotopic (exact) mass is 332 g/mol. The molecule has 4 rings (SSSR count). The van der Waals surface area contributed by atoms with E-state index in [0.717, 1.165) is 18.9 Å². The van der Waals surface area contributed by atoms with Crippen LogP contribution in [0.5, 0.6) is 0 Å². The summed E-state index contributed by atoms with van der Waals surface area (Å²) < 4.78 is 16.3. The van der Waals surface area contributed by atoms with E-state index < -0.39 is 23.3 Å². The molecule has 6 nitrogen and oxygen atoms in total. The largest absolute Gasteiger partial charge is 0.477 e. The van der Waals surface area contributed by atoms with E-state index in [1.54, 1.807) is 15.5 Å². The number of aromatic nitrogens is 1. The van der Waals surface area contributed by atoms with Gasteiger partial charge in [-0.3, -0.25) is 4.79 Å². The first-order valence-corrected chi connectivity index (χ1v) is 8.00. The average molecular weight is 332 g/mol. The number of rotatable bonds is 3. The lowest BCUT2D eigenvalue weighted by Gasteiger charge is -2.20. The van der Waals surface area contributed by atoms with Crippen LogP contribution < -0.4 is 10.3 Å². The fourth-order valence-electron chi connectivity index (χ4n) is 3.37. The van der Waals surface area contributed by atoms with Gasteiger partial charge in [-0.25, -0.2) is 9.18 Å². The Bertz CT molecular complexity index is 904. The van der Waals surface area contributed by atoms with Gasteiger partial charge in [0.25, 0.3) is 0 Å². The van der Waals surface area contributed by atoms with E-state index in [9.17, 15) is 24.2 Å². The van der Waals surface area contributed by atoms with Crippen LogP contribution in [0.25, 0.3) is 10.9 Å². The number of aromatic carboxylic acids is 1. The lowest BCUT2D eigenvalue weighted by atomic mass is 10.1. The van der Waals surface area contributed by atoms with Gasteiger partial charge < -0.3 is 19.7 Å². The maximum absolute atomic E-state index is 14.5. The number of carboxylic acid groups (broad SMARTS) is 1. The molecule has 1 saturated heterocycles. The summed E-state index contributed by atoms with van der Waals surface area (Å²) in [4.78, 5) is 25.5. The normalized spacial score (nSPS) is 20.8. The first-order chi connectivity index (χ1) is 11.5. The molecule has 2 aliphatic rings. The van der Waals surface area contributed by atoms with Gasteiger partial charge in [0.05, 0.1) is 17.3 Å². The van der Waals surface area contributed by atoms with E-state index in [1.807, 2.05) is 0 Å². The van der Waals surface area contributed by atoms with Gasteiger partial charge in [0, 0.05) is 30.7 Å². The molecule has 0 spiro atoms.